The second-order valence-electron chi connectivity index (χ2n) is 6.95. The van der Waals surface area contributed by atoms with Crippen LogP contribution in [0, 0.1) is 6.92 Å². The molecule has 0 atom stereocenters. The van der Waals surface area contributed by atoms with Gasteiger partial charge in [-0.2, -0.15) is 4.98 Å². The smallest absolute Gasteiger partial charge is 0.268 e. The van der Waals surface area contributed by atoms with E-state index in [1.807, 2.05) is 43.3 Å². The van der Waals surface area contributed by atoms with E-state index in [9.17, 15) is 4.79 Å². The van der Waals surface area contributed by atoms with Crippen molar-refractivity contribution < 1.29 is 4.52 Å². The molecule has 0 aliphatic heterocycles. The van der Waals surface area contributed by atoms with Crippen LogP contribution in [-0.2, 0) is 6.54 Å². The first-order valence-electron chi connectivity index (χ1n) is 9.33. The van der Waals surface area contributed by atoms with Gasteiger partial charge < -0.3 is 4.52 Å². The Bertz CT molecular complexity index is 1490. The van der Waals surface area contributed by atoms with Crippen molar-refractivity contribution in [2.24, 2.45) is 0 Å². The Balaban J connectivity index is 1.56. The number of rotatable bonds is 4. The number of aryl methyl sites for hydroxylation is 1. The van der Waals surface area contributed by atoms with Gasteiger partial charge in [0.25, 0.3) is 11.4 Å². The Labute approximate surface area is 190 Å². The molecule has 0 bridgehead atoms. The van der Waals surface area contributed by atoms with Gasteiger partial charge in [-0.25, -0.2) is 4.98 Å². The monoisotopic (exact) mass is 468 g/mol. The van der Waals surface area contributed by atoms with Crippen LogP contribution < -0.4 is 5.56 Å². The molecule has 0 N–H and O–H groups in total. The lowest BCUT2D eigenvalue weighted by Gasteiger charge is -2.06. The van der Waals surface area contributed by atoms with E-state index in [-0.39, 0.29) is 5.56 Å². The molecule has 0 spiro atoms. The van der Waals surface area contributed by atoms with E-state index in [2.05, 4.69) is 15.1 Å². The standard InChI is InChI=1S/C22H14Cl2N4O2S/c1-12-17-21(25-11-28(22(17)29)10-13-5-4-6-14(23)9-13)31-18(12)20-26-19(27-30-20)15-7-2-3-8-16(15)24/h2-9,11H,10H2,1H3. The van der Waals surface area contributed by atoms with E-state index in [0.717, 1.165) is 11.1 Å². The highest BCUT2D eigenvalue weighted by Gasteiger charge is 2.21. The molecule has 154 valence electrons. The van der Waals surface area contributed by atoms with Gasteiger partial charge in [0.1, 0.15) is 4.83 Å². The van der Waals surface area contributed by atoms with Crippen LogP contribution >= 0.6 is 34.5 Å². The van der Waals surface area contributed by atoms with Crippen LogP contribution in [0.2, 0.25) is 10.0 Å². The summed E-state index contributed by atoms with van der Waals surface area (Å²) in [6, 6.07) is 14.7. The Kier molecular flexibility index (Phi) is 5.09. The van der Waals surface area contributed by atoms with E-state index < -0.39 is 0 Å². The van der Waals surface area contributed by atoms with Crippen LogP contribution in [0.15, 0.2) is 64.2 Å². The highest BCUT2D eigenvalue weighted by atomic mass is 35.5. The maximum atomic E-state index is 13.2. The number of aromatic nitrogens is 4. The number of hydrogen-bond donors (Lipinski definition) is 0. The molecule has 5 aromatic rings. The summed E-state index contributed by atoms with van der Waals surface area (Å²) in [6.07, 6.45) is 1.55. The van der Waals surface area contributed by atoms with Gasteiger partial charge in [-0.1, -0.05) is 52.6 Å². The van der Waals surface area contributed by atoms with Crippen LogP contribution in [-0.4, -0.2) is 19.7 Å². The highest BCUT2D eigenvalue weighted by molar-refractivity contribution is 7.22. The summed E-state index contributed by atoms with van der Waals surface area (Å²) in [6.45, 7) is 2.24. The number of benzene rings is 2. The zero-order valence-electron chi connectivity index (χ0n) is 16.2. The minimum atomic E-state index is -0.129. The van der Waals surface area contributed by atoms with Gasteiger partial charge in [0.05, 0.1) is 28.2 Å². The topological polar surface area (TPSA) is 73.8 Å². The van der Waals surface area contributed by atoms with Gasteiger partial charge in [-0.3, -0.25) is 9.36 Å². The lowest BCUT2D eigenvalue weighted by atomic mass is 10.2. The molecule has 0 fully saturated rings. The third-order valence-electron chi connectivity index (χ3n) is 4.89. The molecule has 0 amide bonds. The highest BCUT2D eigenvalue weighted by Crippen LogP contribution is 2.36. The first kappa shape index (κ1) is 19.9. The summed E-state index contributed by atoms with van der Waals surface area (Å²) in [5.74, 6) is 0.722. The van der Waals surface area contributed by atoms with Crippen molar-refractivity contribution in [3.8, 4) is 22.2 Å². The molecule has 0 unspecified atom stereocenters. The fourth-order valence-electron chi connectivity index (χ4n) is 3.38. The predicted molar refractivity (Wildman–Crippen MR) is 123 cm³/mol. The van der Waals surface area contributed by atoms with Crippen LogP contribution in [0.3, 0.4) is 0 Å². The van der Waals surface area contributed by atoms with E-state index in [1.54, 1.807) is 23.0 Å². The number of thiophene rings is 1. The fraction of sp³-hybridized carbons (Fsp3) is 0.0909. The van der Waals surface area contributed by atoms with E-state index >= 15 is 0 Å². The van der Waals surface area contributed by atoms with Crippen LogP contribution in [0.25, 0.3) is 32.4 Å². The van der Waals surface area contributed by atoms with Crippen LogP contribution in [0.5, 0.6) is 0 Å². The molecule has 3 heterocycles. The van der Waals surface area contributed by atoms with Crippen molar-refractivity contribution in [3.05, 3.63) is 86.4 Å². The average Bonchev–Trinajstić information content (AvgIpc) is 3.36. The van der Waals surface area contributed by atoms with E-state index in [0.29, 0.717) is 49.0 Å². The molecule has 0 saturated carbocycles. The second-order valence-corrected chi connectivity index (χ2v) is 8.79. The summed E-state index contributed by atoms with van der Waals surface area (Å²) < 4.78 is 7.06. The lowest BCUT2D eigenvalue weighted by molar-refractivity contribution is 0.433. The SMILES string of the molecule is Cc1c(-c2nc(-c3ccccc3Cl)no2)sc2ncn(Cc3cccc(Cl)c3)c(=O)c12. The predicted octanol–water partition coefficient (Wildman–Crippen LogP) is 5.84. The van der Waals surface area contributed by atoms with E-state index in [4.69, 9.17) is 27.7 Å². The first-order valence-corrected chi connectivity index (χ1v) is 10.9. The Morgan fingerprint density at radius 3 is 2.77 bits per heavy atom. The molecule has 0 aliphatic carbocycles. The van der Waals surface area contributed by atoms with Crippen LogP contribution in [0.4, 0.5) is 0 Å². The minimum absolute atomic E-state index is 0.129. The Morgan fingerprint density at radius 1 is 1.13 bits per heavy atom. The number of halogens is 2. The Hall–Kier alpha value is -3.00. The summed E-state index contributed by atoms with van der Waals surface area (Å²) in [4.78, 5) is 23.5. The molecule has 5 rings (SSSR count). The summed E-state index contributed by atoms with van der Waals surface area (Å²) >= 11 is 13.7. The van der Waals surface area contributed by atoms with Crippen molar-refractivity contribution in [3.63, 3.8) is 0 Å². The number of nitrogens with zero attached hydrogens (tertiary/aromatic N) is 4. The summed E-state index contributed by atoms with van der Waals surface area (Å²) in [7, 11) is 0. The number of hydrogen-bond acceptors (Lipinski definition) is 6. The molecular formula is C22H14Cl2N4O2S. The van der Waals surface area contributed by atoms with Gasteiger partial charge >= 0.3 is 0 Å². The quantitative estimate of drug-likeness (QED) is 0.331. The van der Waals surface area contributed by atoms with E-state index in [1.165, 1.54) is 11.3 Å². The molecule has 0 saturated heterocycles. The van der Waals surface area contributed by atoms with Crippen molar-refractivity contribution in [1.29, 1.82) is 0 Å². The van der Waals surface area contributed by atoms with Crippen molar-refractivity contribution in [1.82, 2.24) is 19.7 Å². The molecule has 9 heteroatoms. The molecule has 0 aliphatic rings. The molecule has 6 nitrogen and oxygen atoms in total. The first-order chi connectivity index (χ1) is 15.0. The minimum Gasteiger partial charge on any atom is -0.333 e. The maximum absolute atomic E-state index is 13.2. The third kappa shape index (κ3) is 3.65. The van der Waals surface area contributed by atoms with Crippen molar-refractivity contribution >= 4 is 44.8 Å². The number of fused-ring (bicyclic) bond motifs is 1. The van der Waals surface area contributed by atoms with Gasteiger partial charge in [0.2, 0.25) is 5.82 Å². The summed E-state index contributed by atoms with van der Waals surface area (Å²) in [5, 5.41) is 5.76. The van der Waals surface area contributed by atoms with Gasteiger partial charge in [-0.15, -0.1) is 11.3 Å². The molecule has 31 heavy (non-hydrogen) atoms. The van der Waals surface area contributed by atoms with Crippen LogP contribution in [0.1, 0.15) is 11.1 Å². The fourth-order valence-corrected chi connectivity index (χ4v) is 4.87. The zero-order chi connectivity index (χ0) is 21.5. The van der Waals surface area contributed by atoms with Crippen molar-refractivity contribution in [2.75, 3.05) is 0 Å². The molecule has 0 radical (unpaired) electrons. The largest absolute Gasteiger partial charge is 0.333 e. The molecule has 2 aromatic carbocycles. The zero-order valence-corrected chi connectivity index (χ0v) is 18.5. The Morgan fingerprint density at radius 2 is 1.97 bits per heavy atom. The van der Waals surface area contributed by atoms with Gasteiger partial charge in [0, 0.05) is 10.6 Å². The average molecular weight is 469 g/mol. The van der Waals surface area contributed by atoms with Gasteiger partial charge in [0.15, 0.2) is 0 Å². The summed E-state index contributed by atoms with van der Waals surface area (Å²) in [5.41, 5.74) is 2.23. The normalized spacial score (nSPS) is 11.3. The molecular weight excluding hydrogens is 455 g/mol. The molecule has 3 aromatic heterocycles. The van der Waals surface area contributed by atoms with Crippen molar-refractivity contribution in [2.45, 2.75) is 13.5 Å². The van der Waals surface area contributed by atoms with Gasteiger partial charge in [-0.05, 0) is 42.3 Å². The lowest BCUT2D eigenvalue weighted by Crippen LogP contribution is -2.21. The third-order valence-corrected chi connectivity index (χ3v) is 6.65. The second kappa shape index (κ2) is 7.92. The maximum Gasteiger partial charge on any atom is 0.268 e.